The van der Waals surface area contributed by atoms with Crippen LogP contribution in [0.1, 0.15) is 25.8 Å². The molecule has 1 atom stereocenters. The Balaban J connectivity index is 2.60. The lowest BCUT2D eigenvalue weighted by atomic mass is 10.2. The highest BCUT2D eigenvalue weighted by molar-refractivity contribution is 5.82. The number of carboxylic acids is 1. The maximum Gasteiger partial charge on any atom is 0.317 e. The van der Waals surface area contributed by atoms with E-state index in [1.54, 1.807) is 30.0 Å². The summed E-state index contributed by atoms with van der Waals surface area (Å²) in [6.07, 6.45) is 0.748. The van der Waals surface area contributed by atoms with Crippen LogP contribution in [-0.4, -0.2) is 41.0 Å². The normalized spacial score (nSPS) is 12.2. The largest absolute Gasteiger partial charge is 0.480 e. The zero-order valence-corrected chi connectivity index (χ0v) is 12.3. The van der Waals surface area contributed by atoms with Crippen molar-refractivity contribution in [3.63, 3.8) is 0 Å². The van der Waals surface area contributed by atoms with Gasteiger partial charge < -0.3 is 10.4 Å². The summed E-state index contributed by atoms with van der Waals surface area (Å²) < 4.78 is 13.5. The van der Waals surface area contributed by atoms with E-state index in [0.717, 1.165) is 6.42 Å². The molecule has 1 unspecified atom stereocenters. The number of hydrogen-bond donors (Lipinski definition) is 2. The van der Waals surface area contributed by atoms with Gasteiger partial charge in [-0.05, 0) is 26.0 Å². The lowest BCUT2D eigenvalue weighted by Gasteiger charge is -2.26. The fourth-order valence-electron chi connectivity index (χ4n) is 2.01. The van der Waals surface area contributed by atoms with Crippen LogP contribution in [0.25, 0.3) is 0 Å². The van der Waals surface area contributed by atoms with Gasteiger partial charge in [0.1, 0.15) is 5.82 Å². The first kappa shape index (κ1) is 17.1. The van der Waals surface area contributed by atoms with Crippen LogP contribution < -0.4 is 5.32 Å². The molecule has 0 aliphatic rings. The molecule has 0 spiro atoms. The average molecular weight is 296 g/mol. The lowest BCUT2D eigenvalue weighted by Crippen LogP contribution is -2.47. The average Bonchev–Trinajstić information content (AvgIpc) is 2.44. The number of hydrogen-bond acceptors (Lipinski definition) is 3. The van der Waals surface area contributed by atoms with Crippen molar-refractivity contribution in [2.45, 2.75) is 32.9 Å². The number of benzene rings is 1. The van der Waals surface area contributed by atoms with Crippen molar-refractivity contribution < 1.29 is 19.1 Å². The summed E-state index contributed by atoms with van der Waals surface area (Å²) in [5.74, 6) is -1.66. The third kappa shape index (κ3) is 5.51. The molecule has 0 saturated carbocycles. The minimum atomic E-state index is -0.975. The molecule has 116 valence electrons. The molecule has 1 amide bonds. The van der Waals surface area contributed by atoms with E-state index in [9.17, 15) is 14.0 Å². The van der Waals surface area contributed by atoms with E-state index in [4.69, 9.17) is 5.11 Å². The highest BCUT2D eigenvalue weighted by atomic mass is 19.1. The second kappa shape index (κ2) is 8.36. The van der Waals surface area contributed by atoms with Crippen LogP contribution in [0.2, 0.25) is 0 Å². The van der Waals surface area contributed by atoms with Gasteiger partial charge in [0.2, 0.25) is 5.91 Å². The van der Waals surface area contributed by atoms with Crippen molar-refractivity contribution in [3.8, 4) is 0 Å². The van der Waals surface area contributed by atoms with Crippen molar-refractivity contribution in [2.24, 2.45) is 0 Å². The van der Waals surface area contributed by atoms with E-state index >= 15 is 0 Å². The summed E-state index contributed by atoms with van der Waals surface area (Å²) in [4.78, 5) is 24.5. The van der Waals surface area contributed by atoms with Gasteiger partial charge in [0.05, 0.1) is 12.6 Å². The first-order valence-electron chi connectivity index (χ1n) is 6.92. The second-order valence-electron chi connectivity index (χ2n) is 4.85. The summed E-state index contributed by atoms with van der Waals surface area (Å²) in [5, 5.41) is 11.5. The Labute approximate surface area is 123 Å². The smallest absolute Gasteiger partial charge is 0.317 e. The van der Waals surface area contributed by atoms with Gasteiger partial charge in [-0.2, -0.15) is 0 Å². The minimum Gasteiger partial charge on any atom is -0.480 e. The van der Waals surface area contributed by atoms with Gasteiger partial charge in [-0.15, -0.1) is 0 Å². The van der Waals surface area contributed by atoms with Crippen LogP contribution in [-0.2, 0) is 16.1 Å². The van der Waals surface area contributed by atoms with E-state index < -0.39 is 12.0 Å². The number of amides is 1. The van der Waals surface area contributed by atoms with Crippen LogP contribution in [0, 0.1) is 5.82 Å². The lowest BCUT2D eigenvalue weighted by molar-refractivity contribution is -0.139. The summed E-state index contributed by atoms with van der Waals surface area (Å²) in [5.41, 5.74) is 0.401. The first-order chi connectivity index (χ1) is 9.95. The van der Waals surface area contributed by atoms with E-state index in [0.29, 0.717) is 12.1 Å². The first-order valence-corrected chi connectivity index (χ1v) is 6.92. The zero-order chi connectivity index (χ0) is 15.8. The summed E-state index contributed by atoms with van der Waals surface area (Å²) >= 11 is 0. The molecule has 0 saturated heterocycles. The quantitative estimate of drug-likeness (QED) is 0.765. The van der Waals surface area contributed by atoms with Gasteiger partial charge in [-0.1, -0.05) is 25.1 Å². The molecule has 0 radical (unpaired) electrons. The molecule has 5 nitrogen and oxygen atoms in total. The predicted molar refractivity (Wildman–Crippen MR) is 77.2 cm³/mol. The fourth-order valence-corrected chi connectivity index (χ4v) is 2.01. The number of aliphatic carboxylic acids is 1. The van der Waals surface area contributed by atoms with Gasteiger partial charge in [-0.25, -0.2) is 4.39 Å². The Morgan fingerprint density at radius 1 is 1.38 bits per heavy atom. The number of carboxylic acid groups (broad SMARTS) is 1. The number of carbonyl (C=O) groups is 2. The molecule has 2 N–H and O–H groups in total. The van der Waals surface area contributed by atoms with Gasteiger partial charge in [0.15, 0.2) is 0 Å². The summed E-state index contributed by atoms with van der Waals surface area (Å²) in [6.45, 7) is 3.97. The number of nitrogens with zero attached hydrogens (tertiary/aromatic N) is 1. The predicted octanol–water partition coefficient (Wildman–Crippen LogP) is 1.63. The molecule has 0 aromatic heterocycles. The number of rotatable bonds is 8. The fraction of sp³-hybridized carbons (Fsp3) is 0.467. The highest BCUT2D eigenvalue weighted by Gasteiger charge is 2.22. The van der Waals surface area contributed by atoms with Gasteiger partial charge >= 0.3 is 5.97 Å². The summed E-state index contributed by atoms with van der Waals surface area (Å²) in [7, 11) is 0. The van der Waals surface area contributed by atoms with Crippen molar-refractivity contribution >= 4 is 11.9 Å². The third-order valence-electron chi connectivity index (χ3n) is 3.19. The standard InChI is InChI=1S/C15H21FN2O3/c1-3-8-18(10-14(19)20)11(2)15(21)17-9-12-6-4-5-7-13(12)16/h4-7,11H,3,8-10H2,1-2H3,(H,17,21)(H,19,20). The van der Waals surface area contributed by atoms with Crippen molar-refractivity contribution in [1.29, 1.82) is 0 Å². The zero-order valence-electron chi connectivity index (χ0n) is 12.3. The summed E-state index contributed by atoms with van der Waals surface area (Å²) in [6, 6.07) is 5.63. The Bertz CT molecular complexity index is 494. The highest BCUT2D eigenvalue weighted by Crippen LogP contribution is 2.06. The van der Waals surface area contributed by atoms with E-state index in [-0.39, 0.29) is 24.8 Å². The molecule has 6 heteroatoms. The van der Waals surface area contributed by atoms with E-state index in [2.05, 4.69) is 5.32 Å². The molecule has 21 heavy (non-hydrogen) atoms. The van der Waals surface area contributed by atoms with Gasteiger partial charge in [-0.3, -0.25) is 14.5 Å². The number of carbonyl (C=O) groups excluding carboxylic acids is 1. The second-order valence-corrected chi connectivity index (χ2v) is 4.85. The monoisotopic (exact) mass is 296 g/mol. The van der Waals surface area contributed by atoms with Crippen molar-refractivity contribution in [3.05, 3.63) is 35.6 Å². The number of halogens is 1. The van der Waals surface area contributed by atoms with Crippen molar-refractivity contribution in [1.82, 2.24) is 10.2 Å². The van der Waals surface area contributed by atoms with E-state index in [1.165, 1.54) is 6.07 Å². The van der Waals surface area contributed by atoms with Crippen LogP contribution >= 0.6 is 0 Å². The molecule has 1 rings (SSSR count). The van der Waals surface area contributed by atoms with Crippen molar-refractivity contribution in [2.75, 3.05) is 13.1 Å². The minimum absolute atomic E-state index is 0.0862. The SMILES string of the molecule is CCCN(CC(=O)O)C(C)C(=O)NCc1ccccc1F. The van der Waals surface area contributed by atoms with Crippen LogP contribution in [0.5, 0.6) is 0 Å². The Morgan fingerprint density at radius 2 is 2.05 bits per heavy atom. The molecular weight excluding hydrogens is 275 g/mol. The Kier molecular flexibility index (Phi) is 6.81. The molecular formula is C15H21FN2O3. The molecule has 0 fully saturated rings. The van der Waals surface area contributed by atoms with Crippen LogP contribution in [0.15, 0.2) is 24.3 Å². The number of nitrogens with one attached hydrogen (secondary N) is 1. The van der Waals surface area contributed by atoms with Gasteiger partial charge in [0, 0.05) is 12.1 Å². The van der Waals surface area contributed by atoms with E-state index in [1.807, 2.05) is 6.92 Å². The van der Waals surface area contributed by atoms with Crippen LogP contribution in [0.4, 0.5) is 4.39 Å². The third-order valence-corrected chi connectivity index (χ3v) is 3.19. The molecule has 1 aromatic carbocycles. The topological polar surface area (TPSA) is 69.6 Å². The molecule has 0 aliphatic carbocycles. The molecule has 0 bridgehead atoms. The van der Waals surface area contributed by atoms with Crippen LogP contribution in [0.3, 0.4) is 0 Å². The Hall–Kier alpha value is -1.95. The molecule has 0 heterocycles. The Morgan fingerprint density at radius 3 is 2.62 bits per heavy atom. The molecule has 1 aromatic rings. The molecule has 0 aliphatic heterocycles. The maximum absolute atomic E-state index is 13.5. The maximum atomic E-state index is 13.5. The van der Waals surface area contributed by atoms with Gasteiger partial charge in [0.25, 0.3) is 0 Å².